The first-order valence-electron chi connectivity index (χ1n) is 5.44. The molecule has 7 nitrogen and oxygen atoms in total. The summed E-state index contributed by atoms with van der Waals surface area (Å²) in [6.45, 7) is 1.37. The molecule has 1 aromatic rings. The molecule has 102 valence electrons. The van der Waals surface area contributed by atoms with Crippen molar-refractivity contribution < 1.29 is 29.6 Å². The Balaban J connectivity index is 3.06. The minimum absolute atomic E-state index is 0.187. The minimum atomic E-state index is -2.32. The van der Waals surface area contributed by atoms with Gasteiger partial charge in [-0.2, -0.15) is 5.26 Å². The lowest BCUT2D eigenvalue weighted by molar-refractivity contribution is -0.241. The summed E-state index contributed by atoms with van der Waals surface area (Å²) in [5.41, 5.74) is -2.13. The lowest BCUT2D eigenvalue weighted by Gasteiger charge is -2.25. The van der Waals surface area contributed by atoms with Crippen LogP contribution in [0.5, 0.6) is 0 Å². The highest BCUT2D eigenvalue weighted by Crippen LogP contribution is 2.14. The number of amides is 1. The number of carbonyl (C=O) groups excluding carboxylic acids is 2. The summed E-state index contributed by atoms with van der Waals surface area (Å²) in [6, 6.07) is 7.79. The number of benzene rings is 1. The third-order valence-electron chi connectivity index (χ3n) is 2.69. The molecular formula is C12H13NO6. The average molecular weight is 267 g/mol. The molecule has 1 aromatic carbocycles. The largest absolute Gasteiger partial charge is 0.479 e. The van der Waals surface area contributed by atoms with Crippen molar-refractivity contribution in [1.29, 1.82) is 0 Å². The van der Waals surface area contributed by atoms with E-state index in [0.29, 0.717) is 0 Å². The van der Waals surface area contributed by atoms with E-state index >= 15 is 0 Å². The van der Waals surface area contributed by atoms with E-state index in [2.05, 4.69) is 10.2 Å². The minimum Gasteiger partial charge on any atom is -0.479 e. The van der Waals surface area contributed by atoms with Gasteiger partial charge in [0.1, 0.15) is 0 Å². The topological polar surface area (TPSA) is 113 Å². The Bertz CT molecular complexity index is 486. The summed E-state index contributed by atoms with van der Waals surface area (Å²) >= 11 is 0. The fourth-order valence-corrected chi connectivity index (χ4v) is 1.51. The maximum atomic E-state index is 11.9. The van der Waals surface area contributed by atoms with Crippen LogP contribution < -0.4 is 5.32 Å². The van der Waals surface area contributed by atoms with Crippen molar-refractivity contribution in [3.63, 3.8) is 0 Å². The van der Waals surface area contributed by atoms with Gasteiger partial charge in [-0.25, -0.2) is 9.59 Å². The highest BCUT2D eigenvalue weighted by atomic mass is 17.1. The lowest BCUT2D eigenvalue weighted by Crippen LogP contribution is -2.60. The fourth-order valence-electron chi connectivity index (χ4n) is 1.51. The van der Waals surface area contributed by atoms with E-state index in [1.807, 2.05) is 0 Å². The number of carbonyl (C=O) groups is 3. The van der Waals surface area contributed by atoms with Crippen LogP contribution in [0.1, 0.15) is 23.7 Å². The molecule has 0 spiro atoms. The second kappa shape index (κ2) is 5.96. The van der Waals surface area contributed by atoms with Gasteiger partial charge in [-0.05, 0) is 18.6 Å². The molecule has 0 saturated heterocycles. The molecular weight excluding hydrogens is 254 g/mol. The molecule has 3 N–H and O–H groups in total. The van der Waals surface area contributed by atoms with Gasteiger partial charge in [-0.1, -0.05) is 25.1 Å². The highest BCUT2D eigenvalue weighted by molar-refractivity contribution is 6.09. The Morgan fingerprint density at radius 3 is 2.26 bits per heavy atom. The van der Waals surface area contributed by atoms with Gasteiger partial charge in [-0.15, -0.1) is 0 Å². The molecule has 1 atom stereocenters. The predicted octanol–water partition coefficient (Wildman–Crippen LogP) is 0.666. The van der Waals surface area contributed by atoms with Crippen molar-refractivity contribution >= 4 is 17.8 Å². The van der Waals surface area contributed by atoms with Gasteiger partial charge in [0.05, 0.1) is 0 Å². The zero-order valence-corrected chi connectivity index (χ0v) is 10.1. The van der Waals surface area contributed by atoms with Crippen LogP contribution in [-0.2, 0) is 14.5 Å². The third kappa shape index (κ3) is 2.89. The normalized spacial score (nSPS) is 13.2. The molecule has 0 fully saturated rings. The molecule has 0 heterocycles. The maximum Gasteiger partial charge on any atom is 0.378 e. The molecule has 0 aliphatic rings. The van der Waals surface area contributed by atoms with Gasteiger partial charge in [0.2, 0.25) is 5.54 Å². The van der Waals surface area contributed by atoms with E-state index in [0.717, 1.165) is 0 Å². The van der Waals surface area contributed by atoms with Crippen molar-refractivity contribution in [2.45, 2.75) is 18.9 Å². The molecule has 0 radical (unpaired) electrons. The van der Waals surface area contributed by atoms with Crippen LogP contribution in [0.2, 0.25) is 0 Å². The van der Waals surface area contributed by atoms with E-state index < -0.39 is 23.4 Å². The molecule has 0 aliphatic carbocycles. The van der Waals surface area contributed by atoms with Crippen LogP contribution in [0, 0.1) is 0 Å². The van der Waals surface area contributed by atoms with Crippen LogP contribution in [0.4, 0.5) is 0 Å². The van der Waals surface area contributed by atoms with Crippen LogP contribution in [-0.4, -0.2) is 33.7 Å². The average Bonchev–Trinajstić information content (AvgIpc) is 2.44. The first-order chi connectivity index (χ1) is 8.97. The Hall–Kier alpha value is -2.41. The smallest absolute Gasteiger partial charge is 0.378 e. The maximum absolute atomic E-state index is 11.9. The Kier molecular flexibility index (Phi) is 4.60. The lowest BCUT2D eigenvalue weighted by atomic mass is 9.95. The first kappa shape index (κ1) is 14.7. The monoisotopic (exact) mass is 267 g/mol. The summed E-state index contributed by atoms with van der Waals surface area (Å²) in [5, 5.41) is 19.5. The number of rotatable bonds is 5. The van der Waals surface area contributed by atoms with Crippen LogP contribution in [0.25, 0.3) is 0 Å². The van der Waals surface area contributed by atoms with Crippen molar-refractivity contribution in [2.75, 3.05) is 0 Å². The number of hydrogen-bond acceptors (Lipinski definition) is 5. The zero-order valence-electron chi connectivity index (χ0n) is 10.1. The molecule has 1 amide bonds. The second-order valence-electron chi connectivity index (χ2n) is 3.76. The van der Waals surface area contributed by atoms with Crippen molar-refractivity contribution in [2.24, 2.45) is 0 Å². The van der Waals surface area contributed by atoms with Crippen LogP contribution >= 0.6 is 0 Å². The number of aliphatic carboxylic acids is 1. The van der Waals surface area contributed by atoms with Gasteiger partial charge in [0.25, 0.3) is 5.91 Å². The van der Waals surface area contributed by atoms with Crippen molar-refractivity contribution in [1.82, 2.24) is 5.32 Å². The summed E-state index contributed by atoms with van der Waals surface area (Å²) < 4.78 is 0. The Morgan fingerprint density at radius 2 is 1.84 bits per heavy atom. The number of hydrogen-bond donors (Lipinski definition) is 3. The summed E-state index contributed by atoms with van der Waals surface area (Å²) in [7, 11) is 0. The third-order valence-corrected chi connectivity index (χ3v) is 2.69. The van der Waals surface area contributed by atoms with Crippen LogP contribution in [0.15, 0.2) is 30.3 Å². The molecule has 0 saturated carbocycles. The highest BCUT2D eigenvalue weighted by Gasteiger charge is 2.48. The summed E-state index contributed by atoms with van der Waals surface area (Å²) in [5.74, 6) is -3.82. The van der Waals surface area contributed by atoms with E-state index in [9.17, 15) is 14.4 Å². The summed E-state index contributed by atoms with van der Waals surface area (Å²) in [4.78, 5) is 37.9. The molecule has 7 heteroatoms. The van der Waals surface area contributed by atoms with Gasteiger partial charge in [0, 0.05) is 5.56 Å². The van der Waals surface area contributed by atoms with E-state index in [-0.39, 0.29) is 12.0 Å². The predicted molar refractivity (Wildman–Crippen MR) is 63.3 cm³/mol. The quantitative estimate of drug-likeness (QED) is 0.410. The molecule has 19 heavy (non-hydrogen) atoms. The second-order valence-corrected chi connectivity index (χ2v) is 3.76. The van der Waals surface area contributed by atoms with Gasteiger partial charge in [-0.3, -0.25) is 9.68 Å². The number of carboxylic acid groups (broad SMARTS) is 1. The molecule has 0 aromatic heterocycles. The molecule has 0 aliphatic heterocycles. The van der Waals surface area contributed by atoms with Gasteiger partial charge < -0.3 is 10.4 Å². The van der Waals surface area contributed by atoms with Crippen molar-refractivity contribution in [3.05, 3.63) is 35.9 Å². The molecule has 1 unspecified atom stereocenters. The van der Waals surface area contributed by atoms with Crippen molar-refractivity contribution in [3.8, 4) is 0 Å². The fraction of sp³-hybridized carbons (Fsp3) is 0.250. The Labute approximate surface area is 108 Å². The van der Waals surface area contributed by atoms with E-state index in [1.165, 1.54) is 19.1 Å². The van der Waals surface area contributed by atoms with E-state index in [4.69, 9.17) is 10.4 Å². The molecule has 0 bridgehead atoms. The SMILES string of the molecule is CCC(NC(=O)c1ccccc1)(C(=O)O)C(=O)OO. The van der Waals surface area contributed by atoms with Gasteiger partial charge >= 0.3 is 11.9 Å². The number of carboxylic acids is 1. The zero-order chi connectivity index (χ0) is 14.5. The Morgan fingerprint density at radius 1 is 1.26 bits per heavy atom. The van der Waals surface area contributed by atoms with E-state index in [1.54, 1.807) is 18.2 Å². The number of nitrogens with one attached hydrogen (secondary N) is 1. The first-order valence-corrected chi connectivity index (χ1v) is 5.44. The van der Waals surface area contributed by atoms with Gasteiger partial charge in [0.15, 0.2) is 0 Å². The summed E-state index contributed by atoms with van der Waals surface area (Å²) in [6.07, 6.45) is -0.277. The standard InChI is InChI=1S/C12H13NO6/c1-2-12(10(15)16,11(17)19-18)13-9(14)8-6-4-3-5-7-8/h3-7,18H,2H2,1H3,(H,13,14)(H,15,16). The molecule has 1 rings (SSSR count). The van der Waals surface area contributed by atoms with Crippen LogP contribution in [0.3, 0.4) is 0 Å².